The van der Waals surface area contributed by atoms with E-state index in [2.05, 4.69) is 29.9 Å². The smallest absolute Gasteiger partial charge is 0.0572 e. The second kappa shape index (κ2) is 6.87. The van der Waals surface area contributed by atoms with Gasteiger partial charge >= 0.3 is 0 Å². The largest absolute Gasteiger partial charge is 0.381 e. The van der Waals surface area contributed by atoms with Gasteiger partial charge in [0.2, 0.25) is 0 Å². The van der Waals surface area contributed by atoms with Crippen LogP contribution in [0.1, 0.15) is 37.9 Å². The van der Waals surface area contributed by atoms with Crippen LogP contribution in [0.3, 0.4) is 0 Å². The fourth-order valence-corrected chi connectivity index (χ4v) is 2.50. The number of ether oxygens (including phenoxy) is 1. The van der Waals surface area contributed by atoms with Crippen LogP contribution in [-0.2, 0) is 4.74 Å². The molecule has 1 fully saturated rings. The van der Waals surface area contributed by atoms with E-state index in [9.17, 15) is 0 Å². The van der Waals surface area contributed by atoms with Gasteiger partial charge < -0.3 is 15.4 Å². The summed E-state index contributed by atoms with van der Waals surface area (Å²) in [4.78, 5) is 6.72. The first kappa shape index (κ1) is 14.3. The molecule has 0 radical (unpaired) electrons. The van der Waals surface area contributed by atoms with Crippen molar-refractivity contribution in [1.82, 2.24) is 4.98 Å². The minimum atomic E-state index is 0.0473. The van der Waals surface area contributed by atoms with Crippen molar-refractivity contribution in [1.29, 1.82) is 0 Å². The van der Waals surface area contributed by atoms with Crippen LogP contribution >= 0.6 is 0 Å². The summed E-state index contributed by atoms with van der Waals surface area (Å²) in [6.07, 6.45) is 5.29. The number of rotatable bonds is 5. The lowest BCUT2D eigenvalue weighted by Crippen LogP contribution is -2.30. The molecule has 1 aliphatic heterocycles. The number of nitrogens with two attached hydrogens (primary N) is 1. The van der Waals surface area contributed by atoms with Crippen molar-refractivity contribution in [3.05, 3.63) is 24.0 Å². The van der Waals surface area contributed by atoms with E-state index in [0.717, 1.165) is 37.6 Å². The molecule has 1 saturated heterocycles. The SMILES string of the molecule is CCC(N)c1ccc(N(C)CC2CCCOC2)cn1. The molecule has 0 aromatic carbocycles. The standard InChI is InChI=1S/C15H25N3O/c1-3-14(16)15-7-6-13(9-17-15)18(2)10-12-5-4-8-19-11-12/h6-7,9,12,14H,3-5,8,10-11,16H2,1-2H3. The summed E-state index contributed by atoms with van der Waals surface area (Å²) < 4.78 is 5.53. The normalized spacial score (nSPS) is 21.1. The lowest BCUT2D eigenvalue weighted by Gasteiger charge is -2.28. The Morgan fingerprint density at radius 3 is 2.95 bits per heavy atom. The van der Waals surface area contributed by atoms with Crippen LogP contribution in [0.2, 0.25) is 0 Å². The highest BCUT2D eigenvalue weighted by atomic mass is 16.5. The maximum absolute atomic E-state index is 5.98. The van der Waals surface area contributed by atoms with E-state index in [0.29, 0.717) is 5.92 Å². The van der Waals surface area contributed by atoms with Crippen molar-refractivity contribution in [2.45, 2.75) is 32.2 Å². The lowest BCUT2D eigenvalue weighted by molar-refractivity contribution is 0.0576. The average molecular weight is 263 g/mol. The third-order valence-corrected chi connectivity index (χ3v) is 3.82. The van der Waals surface area contributed by atoms with Crippen molar-refractivity contribution in [2.24, 2.45) is 11.7 Å². The number of hydrogen-bond acceptors (Lipinski definition) is 4. The Kier molecular flexibility index (Phi) is 5.16. The van der Waals surface area contributed by atoms with Crippen molar-refractivity contribution >= 4 is 5.69 Å². The molecule has 1 aliphatic rings. The third-order valence-electron chi connectivity index (χ3n) is 3.82. The highest BCUT2D eigenvalue weighted by Crippen LogP contribution is 2.20. The molecular formula is C15H25N3O. The molecular weight excluding hydrogens is 238 g/mol. The molecule has 0 saturated carbocycles. The fraction of sp³-hybridized carbons (Fsp3) is 0.667. The van der Waals surface area contributed by atoms with Gasteiger partial charge in [0.1, 0.15) is 0 Å². The molecule has 19 heavy (non-hydrogen) atoms. The van der Waals surface area contributed by atoms with Gasteiger partial charge in [-0.25, -0.2) is 0 Å². The molecule has 4 heteroatoms. The molecule has 0 spiro atoms. The van der Waals surface area contributed by atoms with Crippen LogP contribution in [0, 0.1) is 5.92 Å². The Balaban J connectivity index is 1.93. The number of anilines is 1. The number of nitrogens with zero attached hydrogens (tertiary/aromatic N) is 2. The predicted octanol–water partition coefficient (Wildman–Crippen LogP) is 2.35. The topological polar surface area (TPSA) is 51.4 Å². The fourth-order valence-electron chi connectivity index (χ4n) is 2.50. The highest BCUT2D eigenvalue weighted by molar-refractivity contribution is 5.43. The molecule has 2 N–H and O–H groups in total. The van der Waals surface area contributed by atoms with Crippen molar-refractivity contribution in [3.8, 4) is 0 Å². The van der Waals surface area contributed by atoms with E-state index in [-0.39, 0.29) is 6.04 Å². The third kappa shape index (κ3) is 3.91. The van der Waals surface area contributed by atoms with E-state index >= 15 is 0 Å². The van der Waals surface area contributed by atoms with Crippen LogP contribution < -0.4 is 10.6 Å². The van der Waals surface area contributed by atoms with E-state index in [4.69, 9.17) is 10.5 Å². The van der Waals surface area contributed by atoms with Crippen LogP contribution in [0.15, 0.2) is 18.3 Å². The average Bonchev–Trinajstić information content (AvgIpc) is 2.47. The van der Waals surface area contributed by atoms with E-state index < -0.39 is 0 Å². The van der Waals surface area contributed by atoms with Gasteiger partial charge in [0.05, 0.1) is 24.2 Å². The zero-order valence-electron chi connectivity index (χ0n) is 12.0. The van der Waals surface area contributed by atoms with Crippen LogP contribution in [0.25, 0.3) is 0 Å². The van der Waals surface area contributed by atoms with E-state index in [1.54, 1.807) is 0 Å². The summed E-state index contributed by atoms with van der Waals surface area (Å²) in [6.45, 7) is 4.91. The summed E-state index contributed by atoms with van der Waals surface area (Å²) in [6, 6.07) is 4.20. The maximum Gasteiger partial charge on any atom is 0.0572 e. The molecule has 2 heterocycles. The van der Waals surface area contributed by atoms with Gasteiger partial charge in [-0.05, 0) is 37.3 Å². The Bertz CT molecular complexity index is 373. The summed E-state index contributed by atoms with van der Waals surface area (Å²) in [5.41, 5.74) is 8.10. The molecule has 1 aromatic rings. The molecule has 0 aliphatic carbocycles. The van der Waals surface area contributed by atoms with Gasteiger partial charge in [-0.3, -0.25) is 4.98 Å². The summed E-state index contributed by atoms with van der Waals surface area (Å²) in [7, 11) is 2.12. The first-order valence-corrected chi connectivity index (χ1v) is 7.21. The highest BCUT2D eigenvalue weighted by Gasteiger charge is 2.16. The predicted molar refractivity (Wildman–Crippen MR) is 78.3 cm³/mol. The first-order valence-electron chi connectivity index (χ1n) is 7.21. The maximum atomic E-state index is 5.98. The zero-order valence-corrected chi connectivity index (χ0v) is 12.0. The molecule has 0 amide bonds. The lowest BCUT2D eigenvalue weighted by atomic mass is 10.0. The minimum Gasteiger partial charge on any atom is -0.381 e. The quantitative estimate of drug-likeness (QED) is 0.886. The van der Waals surface area contributed by atoms with Crippen LogP contribution in [-0.4, -0.2) is 31.8 Å². The number of hydrogen-bond donors (Lipinski definition) is 1. The molecule has 1 aromatic heterocycles. The minimum absolute atomic E-state index is 0.0473. The zero-order chi connectivity index (χ0) is 13.7. The number of aromatic nitrogens is 1. The molecule has 4 nitrogen and oxygen atoms in total. The Labute approximate surface area is 116 Å². The Morgan fingerprint density at radius 1 is 1.53 bits per heavy atom. The van der Waals surface area contributed by atoms with E-state index in [1.165, 1.54) is 12.8 Å². The monoisotopic (exact) mass is 263 g/mol. The van der Waals surface area contributed by atoms with Gasteiger partial charge in [-0.2, -0.15) is 0 Å². The van der Waals surface area contributed by atoms with Crippen LogP contribution in [0.4, 0.5) is 5.69 Å². The molecule has 2 atom stereocenters. The van der Waals surface area contributed by atoms with Gasteiger partial charge in [0.15, 0.2) is 0 Å². The van der Waals surface area contributed by atoms with Gasteiger partial charge in [0.25, 0.3) is 0 Å². The number of pyridine rings is 1. The second-order valence-electron chi connectivity index (χ2n) is 5.42. The Hall–Kier alpha value is -1.13. The summed E-state index contributed by atoms with van der Waals surface area (Å²) >= 11 is 0. The van der Waals surface area contributed by atoms with Gasteiger partial charge in [0, 0.05) is 26.2 Å². The Morgan fingerprint density at radius 2 is 2.37 bits per heavy atom. The van der Waals surface area contributed by atoms with Crippen molar-refractivity contribution < 1.29 is 4.74 Å². The van der Waals surface area contributed by atoms with Crippen molar-refractivity contribution in [2.75, 3.05) is 31.7 Å². The molecule has 2 unspecified atom stereocenters. The summed E-state index contributed by atoms with van der Waals surface area (Å²) in [5, 5.41) is 0. The molecule has 2 rings (SSSR count). The molecule has 0 bridgehead atoms. The second-order valence-corrected chi connectivity index (χ2v) is 5.42. The van der Waals surface area contributed by atoms with E-state index in [1.807, 2.05) is 12.3 Å². The molecule has 106 valence electrons. The summed E-state index contributed by atoms with van der Waals surface area (Å²) in [5.74, 6) is 0.635. The van der Waals surface area contributed by atoms with Gasteiger partial charge in [-0.1, -0.05) is 6.92 Å². The first-order chi connectivity index (χ1) is 9.20. The van der Waals surface area contributed by atoms with Gasteiger partial charge in [-0.15, -0.1) is 0 Å². The van der Waals surface area contributed by atoms with Crippen molar-refractivity contribution in [3.63, 3.8) is 0 Å². The van der Waals surface area contributed by atoms with Crippen LogP contribution in [0.5, 0.6) is 0 Å².